The highest BCUT2D eigenvalue weighted by Crippen LogP contribution is 2.53. The fourth-order valence-corrected chi connectivity index (χ4v) is 4.06. The molecule has 2 rings (SSSR count). The maximum atomic E-state index is 9.18. The smallest absolute Gasteiger partial charge is 0.191 e. The number of halogens is 1. The van der Waals surface area contributed by atoms with Crippen LogP contribution in [0.2, 0.25) is 0 Å². The van der Waals surface area contributed by atoms with Crippen LogP contribution in [0, 0.1) is 11.3 Å². The van der Waals surface area contributed by atoms with Crippen LogP contribution in [-0.2, 0) is 4.74 Å². The summed E-state index contributed by atoms with van der Waals surface area (Å²) in [6.07, 6.45) is 8.01. The Morgan fingerprint density at radius 1 is 1.29 bits per heavy atom. The van der Waals surface area contributed by atoms with Gasteiger partial charge >= 0.3 is 0 Å². The van der Waals surface area contributed by atoms with Crippen LogP contribution in [0.5, 0.6) is 0 Å². The topological polar surface area (TPSA) is 65.9 Å². The number of hydrogen-bond acceptors (Lipinski definition) is 3. The van der Waals surface area contributed by atoms with Gasteiger partial charge in [-0.05, 0) is 39.0 Å². The first-order valence-electron chi connectivity index (χ1n) is 9.43. The van der Waals surface area contributed by atoms with Crippen molar-refractivity contribution in [3.05, 3.63) is 0 Å². The Hall–Kier alpha value is -0.0800. The molecule has 2 fully saturated rings. The molecule has 2 saturated carbocycles. The van der Waals surface area contributed by atoms with Gasteiger partial charge in [0.25, 0.3) is 0 Å². The van der Waals surface area contributed by atoms with Gasteiger partial charge in [-0.2, -0.15) is 0 Å². The van der Waals surface area contributed by atoms with E-state index in [-0.39, 0.29) is 36.5 Å². The number of aliphatic hydroxyl groups is 1. The molecule has 0 aromatic heterocycles. The first kappa shape index (κ1) is 22.0. The summed E-state index contributed by atoms with van der Waals surface area (Å²) < 4.78 is 6.03. The number of hydrogen-bond donors (Lipinski definition) is 3. The van der Waals surface area contributed by atoms with E-state index in [0.29, 0.717) is 24.1 Å². The number of ether oxygens (including phenoxy) is 1. The summed E-state index contributed by atoms with van der Waals surface area (Å²) in [7, 11) is 0. The predicted molar refractivity (Wildman–Crippen MR) is 110 cm³/mol. The summed E-state index contributed by atoms with van der Waals surface area (Å²) in [5.41, 5.74) is 0.299. The Morgan fingerprint density at radius 3 is 2.58 bits per heavy atom. The van der Waals surface area contributed by atoms with Crippen molar-refractivity contribution < 1.29 is 9.84 Å². The number of nitrogens with one attached hydrogen (secondary N) is 2. The van der Waals surface area contributed by atoms with E-state index in [0.717, 1.165) is 25.5 Å². The van der Waals surface area contributed by atoms with E-state index in [1.165, 1.54) is 32.1 Å². The highest BCUT2D eigenvalue weighted by atomic mass is 127. The van der Waals surface area contributed by atoms with E-state index >= 15 is 0 Å². The monoisotopic (exact) mass is 453 g/mol. The van der Waals surface area contributed by atoms with Crippen LogP contribution in [0.3, 0.4) is 0 Å². The van der Waals surface area contributed by atoms with E-state index in [9.17, 15) is 5.11 Å². The maximum Gasteiger partial charge on any atom is 0.191 e. The fraction of sp³-hybridized carbons (Fsp3) is 0.944. The lowest BCUT2D eigenvalue weighted by Gasteiger charge is -2.58. The van der Waals surface area contributed by atoms with Crippen LogP contribution in [0.4, 0.5) is 0 Å². The molecule has 0 aromatic carbocycles. The first-order chi connectivity index (χ1) is 11.2. The minimum absolute atomic E-state index is 0. The molecule has 2 aliphatic carbocycles. The van der Waals surface area contributed by atoms with Gasteiger partial charge in [0.05, 0.1) is 6.10 Å². The van der Waals surface area contributed by atoms with Gasteiger partial charge in [-0.1, -0.05) is 26.2 Å². The molecule has 0 saturated heterocycles. The molecule has 2 aliphatic rings. The number of guanidine groups is 1. The van der Waals surface area contributed by atoms with Crippen molar-refractivity contribution in [3.63, 3.8) is 0 Å². The minimum atomic E-state index is 0. The summed E-state index contributed by atoms with van der Waals surface area (Å²) >= 11 is 0. The van der Waals surface area contributed by atoms with Gasteiger partial charge in [0, 0.05) is 37.8 Å². The number of aliphatic imine (C=N–C) groups is 1. The minimum Gasteiger partial charge on any atom is -0.396 e. The van der Waals surface area contributed by atoms with E-state index in [2.05, 4.69) is 29.5 Å². The molecular weight excluding hydrogens is 417 g/mol. The van der Waals surface area contributed by atoms with Crippen LogP contribution < -0.4 is 10.6 Å². The van der Waals surface area contributed by atoms with E-state index in [1.807, 2.05) is 6.92 Å². The molecule has 0 bridgehead atoms. The maximum absolute atomic E-state index is 9.18. The third-order valence-electron chi connectivity index (χ3n) is 5.47. The molecule has 3 N–H and O–H groups in total. The van der Waals surface area contributed by atoms with Crippen LogP contribution >= 0.6 is 24.0 Å². The normalized spacial score (nSPS) is 27.1. The van der Waals surface area contributed by atoms with Crippen molar-refractivity contribution in [2.75, 3.05) is 26.3 Å². The number of rotatable bonds is 7. The zero-order valence-corrected chi connectivity index (χ0v) is 17.8. The molecular formula is C18H36IN3O2. The quantitative estimate of drug-likeness (QED) is 0.315. The lowest BCUT2D eigenvalue weighted by atomic mass is 9.55. The Labute approximate surface area is 164 Å². The van der Waals surface area contributed by atoms with Gasteiger partial charge in [0.2, 0.25) is 0 Å². The zero-order chi connectivity index (χ0) is 16.7. The third kappa shape index (κ3) is 5.21. The van der Waals surface area contributed by atoms with Gasteiger partial charge in [-0.25, -0.2) is 0 Å². The molecule has 1 spiro atoms. The first-order valence-corrected chi connectivity index (χ1v) is 9.43. The van der Waals surface area contributed by atoms with Gasteiger partial charge in [-0.3, -0.25) is 4.99 Å². The second-order valence-electron chi connectivity index (χ2n) is 7.18. The molecule has 6 heteroatoms. The van der Waals surface area contributed by atoms with Crippen molar-refractivity contribution in [2.45, 2.75) is 71.4 Å². The zero-order valence-electron chi connectivity index (χ0n) is 15.5. The largest absolute Gasteiger partial charge is 0.396 e. The van der Waals surface area contributed by atoms with Crippen molar-refractivity contribution in [1.82, 2.24) is 10.6 Å². The van der Waals surface area contributed by atoms with E-state index in [4.69, 9.17) is 4.74 Å². The third-order valence-corrected chi connectivity index (χ3v) is 5.47. The van der Waals surface area contributed by atoms with Crippen molar-refractivity contribution in [2.24, 2.45) is 16.3 Å². The Kier molecular flexibility index (Phi) is 9.89. The van der Waals surface area contributed by atoms with Crippen LogP contribution in [0.15, 0.2) is 4.99 Å². The molecule has 0 aromatic rings. The average Bonchev–Trinajstić information content (AvgIpc) is 2.59. The van der Waals surface area contributed by atoms with Crippen molar-refractivity contribution in [3.8, 4) is 0 Å². The molecule has 0 aliphatic heterocycles. The Bertz CT molecular complexity index is 386. The lowest BCUT2D eigenvalue weighted by Crippen LogP contribution is -2.66. The summed E-state index contributed by atoms with van der Waals surface area (Å²) in [5.74, 6) is 1.09. The summed E-state index contributed by atoms with van der Waals surface area (Å²) in [6.45, 7) is 8.70. The van der Waals surface area contributed by atoms with Crippen LogP contribution in [-0.4, -0.2) is 49.5 Å². The van der Waals surface area contributed by atoms with Crippen molar-refractivity contribution in [1.29, 1.82) is 0 Å². The van der Waals surface area contributed by atoms with E-state index in [1.54, 1.807) is 0 Å². The fourth-order valence-electron chi connectivity index (χ4n) is 4.06. The second-order valence-corrected chi connectivity index (χ2v) is 7.18. The van der Waals surface area contributed by atoms with Crippen molar-refractivity contribution >= 4 is 29.9 Å². The summed E-state index contributed by atoms with van der Waals surface area (Å²) in [6, 6.07) is 0.460. The molecule has 0 heterocycles. The van der Waals surface area contributed by atoms with Gasteiger partial charge in [-0.15, -0.1) is 24.0 Å². The van der Waals surface area contributed by atoms with Crippen LogP contribution in [0.1, 0.15) is 59.3 Å². The second kappa shape index (κ2) is 10.8. The lowest BCUT2D eigenvalue weighted by molar-refractivity contribution is -0.145. The molecule has 5 nitrogen and oxygen atoms in total. The molecule has 142 valence electrons. The SMILES string of the molecule is CCNC(=NCC(C)CO)NC1CC(OCC)C12CCCCC2.I. The number of aliphatic hydroxyl groups excluding tert-OH is 1. The Morgan fingerprint density at radius 2 is 2.00 bits per heavy atom. The molecule has 0 radical (unpaired) electrons. The van der Waals surface area contributed by atoms with Gasteiger partial charge in [0.1, 0.15) is 0 Å². The number of nitrogens with zero attached hydrogens (tertiary/aromatic N) is 1. The molecule has 0 amide bonds. The molecule has 24 heavy (non-hydrogen) atoms. The average molecular weight is 453 g/mol. The molecule has 3 atom stereocenters. The summed E-state index contributed by atoms with van der Waals surface area (Å²) in [4.78, 5) is 4.65. The van der Waals surface area contributed by atoms with Gasteiger partial charge < -0.3 is 20.5 Å². The standard InChI is InChI=1S/C18H35N3O2.HI/c1-4-19-17(20-12-14(3)13-22)21-15-11-16(23-5-2)18(15)9-7-6-8-10-18;/h14-16,22H,4-13H2,1-3H3,(H2,19,20,21);1H. The highest BCUT2D eigenvalue weighted by molar-refractivity contribution is 14.0. The highest BCUT2D eigenvalue weighted by Gasteiger charge is 2.55. The summed E-state index contributed by atoms with van der Waals surface area (Å²) in [5, 5.41) is 16.2. The predicted octanol–water partition coefficient (Wildman–Crippen LogP) is 2.92. The van der Waals surface area contributed by atoms with Crippen LogP contribution in [0.25, 0.3) is 0 Å². The van der Waals surface area contributed by atoms with E-state index < -0.39 is 0 Å². The van der Waals surface area contributed by atoms with Gasteiger partial charge in [0.15, 0.2) is 5.96 Å². The Balaban J connectivity index is 0.00000288. The molecule has 3 unspecified atom stereocenters.